The zero-order chi connectivity index (χ0) is 23.6. The number of oxazole rings is 1. The number of urea groups is 1. The SMILES string of the molecule is CCc1coc(C2CC(c3ccc(OC(F)(F)F)cc3)CN(C(=O)N3CCC(O)CC3)C2)n1. The minimum atomic E-state index is -4.75. The summed E-state index contributed by atoms with van der Waals surface area (Å²) in [5, 5.41) is 9.77. The van der Waals surface area contributed by atoms with Gasteiger partial charge in [0, 0.05) is 32.1 Å². The number of piperidine rings is 2. The summed E-state index contributed by atoms with van der Waals surface area (Å²) in [4.78, 5) is 21.3. The van der Waals surface area contributed by atoms with Crippen LogP contribution in [0.15, 0.2) is 34.9 Å². The average Bonchev–Trinajstić information content (AvgIpc) is 3.28. The number of hydrogen-bond donors (Lipinski definition) is 1. The van der Waals surface area contributed by atoms with E-state index in [1.165, 1.54) is 12.1 Å². The molecule has 7 nitrogen and oxygen atoms in total. The van der Waals surface area contributed by atoms with Crippen molar-refractivity contribution in [3.05, 3.63) is 47.7 Å². The Morgan fingerprint density at radius 2 is 1.82 bits per heavy atom. The van der Waals surface area contributed by atoms with Gasteiger partial charge in [0.05, 0.1) is 17.7 Å². The van der Waals surface area contributed by atoms with Crippen molar-refractivity contribution in [2.24, 2.45) is 0 Å². The molecule has 4 rings (SSSR count). The molecule has 0 saturated carbocycles. The molecule has 1 aromatic carbocycles. The van der Waals surface area contributed by atoms with Crippen molar-refractivity contribution < 1.29 is 32.2 Å². The normalized spacial score (nSPS) is 22.5. The van der Waals surface area contributed by atoms with Crippen LogP contribution in [0.1, 0.15) is 55.2 Å². The minimum Gasteiger partial charge on any atom is -0.448 e. The monoisotopic (exact) mass is 467 g/mol. The number of halogens is 3. The molecule has 33 heavy (non-hydrogen) atoms. The molecule has 0 bridgehead atoms. The summed E-state index contributed by atoms with van der Waals surface area (Å²) in [7, 11) is 0. The minimum absolute atomic E-state index is 0.0972. The van der Waals surface area contributed by atoms with Crippen LogP contribution in [0.2, 0.25) is 0 Å². The Kier molecular flexibility index (Phi) is 6.83. The number of hydrogen-bond acceptors (Lipinski definition) is 5. The predicted octanol–water partition coefficient (Wildman–Crippen LogP) is 4.29. The molecule has 2 unspecified atom stereocenters. The first-order valence-electron chi connectivity index (χ1n) is 11.2. The van der Waals surface area contributed by atoms with E-state index in [-0.39, 0.29) is 29.7 Å². The lowest BCUT2D eigenvalue weighted by atomic mass is 9.84. The quantitative estimate of drug-likeness (QED) is 0.726. The second-order valence-electron chi connectivity index (χ2n) is 8.68. The number of carbonyl (C=O) groups excluding carboxylic acids is 1. The number of aryl methyl sites for hydroxylation is 1. The highest BCUT2D eigenvalue weighted by molar-refractivity contribution is 5.75. The van der Waals surface area contributed by atoms with Crippen molar-refractivity contribution in [3.8, 4) is 5.75 Å². The van der Waals surface area contributed by atoms with E-state index >= 15 is 0 Å². The van der Waals surface area contributed by atoms with Crippen LogP contribution in [0.5, 0.6) is 5.75 Å². The highest BCUT2D eigenvalue weighted by Crippen LogP contribution is 2.37. The largest absolute Gasteiger partial charge is 0.573 e. The van der Waals surface area contributed by atoms with Gasteiger partial charge in [-0.15, -0.1) is 13.2 Å². The molecule has 2 aliphatic rings. The number of likely N-dealkylation sites (tertiary alicyclic amines) is 2. The summed E-state index contributed by atoms with van der Waals surface area (Å²) in [5.74, 6) is 0.0635. The van der Waals surface area contributed by atoms with Gasteiger partial charge in [0.1, 0.15) is 12.0 Å². The molecule has 2 saturated heterocycles. The van der Waals surface area contributed by atoms with E-state index < -0.39 is 6.36 Å². The zero-order valence-corrected chi connectivity index (χ0v) is 18.4. The smallest absolute Gasteiger partial charge is 0.448 e. The second kappa shape index (κ2) is 9.62. The van der Waals surface area contributed by atoms with Gasteiger partial charge in [0.15, 0.2) is 5.89 Å². The Labute approximate surface area is 190 Å². The van der Waals surface area contributed by atoms with Gasteiger partial charge >= 0.3 is 12.4 Å². The van der Waals surface area contributed by atoms with Crippen LogP contribution >= 0.6 is 0 Å². The van der Waals surface area contributed by atoms with E-state index in [2.05, 4.69) is 9.72 Å². The molecule has 0 aliphatic carbocycles. The van der Waals surface area contributed by atoms with Gasteiger partial charge in [-0.25, -0.2) is 9.78 Å². The summed E-state index contributed by atoms with van der Waals surface area (Å²) in [6, 6.07) is 5.72. The molecule has 1 aromatic heterocycles. The average molecular weight is 467 g/mol. The summed E-state index contributed by atoms with van der Waals surface area (Å²) in [6.07, 6.45) is -1.01. The van der Waals surface area contributed by atoms with Crippen LogP contribution < -0.4 is 4.74 Å². The maximum absolute atomic E-state index is 13.3. The fourth-order valence-corrected chi connectivity index (χ4v) is 4.55. The van der Waals surface area contributed by atoms with E-state index in [4.69, 9.17) is 4.42 Å². The van der Waals surface area contributed by atoms with Gasteiger partial charge in [-0.1, -0.05) is 19.1 Å². The number of rotatable bonds is 4. The number of nitrogens with zero attached hydrogens (tertiary/aromatic N) is 3. The molecule has 3 heterocycles. The van der Waals surface area contributed by atoms with E-state index in [1.54, 1.807) is 28.2 Å². The highest BCUT2D eigenvalue weighted by Gasteiger charge is 2.37. The Bertz CT molecular complexity index is 939. The van der Waals surface area contributed by atoms with Gasteiger partial charge in [0.25, 0.3) is 0 Å². The van der Waals surface area contributed by atoms with Crippen LogP contribution in [0.4, 0.5) is 18.0 Å². The van der Waals surface area contributed by atoms with Gasteiger partial charge < -0.3 is 24.1 Å². The van der Waals surface area contributed by atoms with E-state index in [0.29, 0.717) is 51.3 Å². The molecule has 0 spiro atoms. The van der Waals surface area contributed by atoms with Crippen molar-refractivity contribution in [3.63, 3.8) is 0 Å². The molecule has 2 amide bonds. The first-order valence-corrected chi connectivity index (χ1v) is 11.2. The van der Waals surface area contributed by atoms with Crippen molar-refractivity contribution >= 4 is 6.03 Å². The standard InChI is InChI=1S/C23H28F3N3O4/c1-2-18-14-32-21(27-18)17-11-16(15-3-5-20(6-4-15)33-23(24,25)26)12-29(13-17)22(31)28-9-7-19(30)8-10-28/h3-6,14,16-17,19,30H,2,7-13H2,1H3. The molecule has 2 aromatic rings. The third kappa shape index (κ3) is 5.79. The number of aliphatic hydroxyl groups is 1. The van der Waals surface area contributed by atoms with Gasteiger partial charge in [-0.2, -0.15) is 0 Å². The number of ether oxygens (including phenoxy) is 1. The Morgan fingerprint density at radius 1 is 1.15 bits per heavy atom. The summed E-state index contributed by atoms with van der Waals surface area (Å²) in [6.45, 7) is 3.86. The molecule has 180 valence electrons. The fourth-order valence-electron chi connectivity index (χ4n) is 4.55. The lowest BCUT2D eigenvalue weighted by molar-refractivity contribution is -0.274. The first kappa shape index (κ1) is 23.4. The Hall–Kier alpha value is -2.75. The van der Waals surface area contributed by atoms with E-state index in [0.717, 1.165) is 17.7 Å². The summed E-state index contributed by atoms with van der Waals surface area (Å²) >= 11 is 0. The van der Waals surface area contributed by atoms with Crippen LogP contribution in [0.3, 0.4) is 0 Å². The third-order valence-electron chi connectivity index (χ3n) is 6.32. The molecule has 2 aliphatic heterocycles. The number of benzene rings is 1. The van der Waals surface area contributed by atoms with Crippen molar-refractivity contribution in [1.29, 1.82) is 0 Å². The van der Waals surface area contributed by atoms with E-state index in [1.807, 2.05) is 6.92 Å². The van der Waals surface area contributed by atoms with E-state index in [9.17, 15) is 23.1 Å². The number of carbonyl (C=O) groups is 1. The van der Waals surface area contributed by atoms with Crippen LogP contribution in [0, 0.1) is 0 Å². The topological polar surface area (TPSA) is 79.0 Å². The number of aliphatic hydroxyl groups excluding tert-OH is 1. The molecule has 1 N–H and O–H groups in total. The predicted molar refractivity (Wildman–Crippen MR) is 113 cm³/mol. The van der Waals surface area contributed by atoms with Crippen LogP contribution in [-0.4, -0.2) is 64.6 Å². The van der Waals surface area contributed by atoms with Crippen molar-refractivity contribution in [2.45, 2.75) is 56.9 Å². The molecule has 10 heteroatoms. The number of alkyl halides is 3. The summed E-state index contributed by atoms with van der Waals surface area (Å²) < 4.78 is 47.2. The molecule has 2 atom stereocenters. The number of amides is 2. The lowest BCUT2D eigenvalue weighted by Crippen LogP contribution is -2.51. The zero-order valence-electron chi connectivity index (χ0n) is 18.4. The fraction of sp³-hybridized carbons (Fsp3) is 0.565. The van der Waals surface area contributed by atoms with Gasteiger partial charge in [-0.05, 0) is 43.4 Å². The van der Waals surface area contributed by atoms with Crippen LogP contribution in [0.25, 0.3) is 0 Å². The maximum atomic E-state index is 13.3. The van der Waals surface area contributed by atoms with Gasteiger partial charge in [0.2, 0.25) is 0 Å². The molecule has 2 fully saturated rings. The Balaban J connectivity index is 1.54. The maximum Gasteiger partial charge on any atom is 0.573 e. The molecular weight excluding hydrogens is 439 g/mol. The number of aromatic nitrogens is 1. The third-order valence-corrected chi connectivity index (χ3v) is 6.32. The first-order chi connectivity index (χ1) is 15.7. The lowest BCUT2D eigenvalue weighted by Gasteiger charge is -2.40. The van der Waals surface area contributed by atoms with Crippen LogP contribution in [-0.2, 0) is 6.42 Å². The van der Waals surface area contributed by atoms with Crippen molar-refractivity contribution in [1.82, 2.24) is 14.8 Å². The molecule has 0 radical (unpaired) electrons. The summed E-state index contributed by atoms with van der Waals surface area (Å²) in [5.41, 5.74) is 1.66. The second-order valence-corrected chi connectivity index (χ2v) is 8.68. The molecular formula is C23H28F3N3O4. The van der Waals surface area contributed by atoms with Crippen molar-refractivity contribution in [2.75, 3.05) is 26.2 Å². The Morgan fingerprint density at radius 3 is 2.42 bits per heavy atom. The van der Waals surface area contributed by atoms with Gasteiger partial charge in [-0.3, -0.25) is 0 Å². The highest BCUT2D eigenvalue weighted by atomic mass is 19.4.